The van der Waals surface area contributed by atoms with Crippen LogP contribution in [0.5, 0.6) is 0 Å². The Hall–Kier alpha value is -1.78. The quantitative estimate of drug-likeness (QED) is 0.804. The number of aromatic carboxylic acids is 1. The molecule has 4 nitrogen and oxygen atoms in total. The molecule has 0 radical (unpaired) electrons. The Labute approximate surface area is 112 Å². The fraction of sp³-hybridized carbons (Fsp3) is 0.500. The van der Waals surface area contributed by atoms with Gasteiger partial charge in [0, 0.05) is 18.7 Å². The Balaban J connectivity index is 2.37. The van der Waals surface area contributed by atoms with E-state index in [2.05, 4.69) is 18.7 Å². The minimum atomic E-state index is -1.29. The van der Waals surface area contributed by atoms with Crippen molar-refractivity contribution < 1.29 is 14.3 Å². The van der Waals surface area contributed by atoms with Gasteiger partial charge in [-0.15, -0.1) is 0 Å². The number of nitrogens with two attached hydrogens (primary N) is 1. The number of hydrogen-bond acceptors (Lipinski definition) is 3. The highest BCUT2D eigenvalue weighted by Gasteiger charge is 2.31. The Morgan fingerprint density at radius 1 is 1.53 bits per heavy atom. The van der Waals surface area contributed by atoms with Gasteiger partial charge in [-0.05, 0) is 24.8 Å². The number of halogens is 1. The van der Waals surface area contributed by atoms with E-state index in [-0.39, 0.29) is 5.56 Å². The largest absolute Gasteiger partial charge is 0.478 e. The SMILES string of the molecule is CC(C)CN(c1cc(F)c(C(=O)O)cc1N)C1CC1. The van der Waals surface area contributed by atoms with Crippen molar-refractivity contribution in [2.75, 3.05) is 17.2 Å². The number of benzene rings is 1. The Kier molecular flexibility index (Phi) is 3.64. The molecule has 0 aliphatic heterocycles. The molecule has 0 atom stereocenters. The molecular formula is C14H19FN2O2. The third kappa shape index (κ3) is 2.97. The van der Waals surface area contributed by atoms with E-state index in [9.17, 15) is 9.18 Å². The smallest absolute Gasteiger partial charge is 0.338 e. The van der Waals surface area contributed by atoms with Gasteiger partial charge in [-0.2, -0.15) is 0 Å². The van der Waals surface area contributed by atoms with Crippen molar-refractivity contribution in [3.8, 4) is 0 Å². The van der Waals surface area contributed by atoms with Crippen LogP contribution in [-0.2, 0) is 0 Å². The molecule has 0 aromatic heterocycles. The van der Waals surface area contributed by atoms with Crippen molar-refractivity contribution in [3.05, 3.63) is 23.5 Å². The van der Waals surface area contributed by atoms with Crippen molar-refractivity contribution in [2.24, 2.45) is 5.92 Å². The predicted molar refractivity (Wildman–Crippen MR) is 73.0 cm³/mol. The van der Waals surface area contributed by atoms with E-state index in [0.29, 0.717) is 23.3 Å². The van der Waals surface area contributed by atoms with E-state index in [4.69, 9.17) is 10.8 Å². The van der Waals surface area contributed by atoms with Crippen LogP contribution in [0.15, 0.2) is 12.1 Å². The second-order valence-corrected chi connectivity index (χ2v) is 5.47. The number of carbonyl (C=O) groups is 1. The van der Waals surface area contributed by atoms with Crippen LogP contribution in [0.1, 0.15) is 37.0 Å². The number of carboxylic acids is 1. The van der Waals surface area contributed by atoms with Crippen molar-refractivity contribution in [2.45, 2.75) is 32.7 Å². The molecular weight excluding hydrogens is 247 g/mol. The summed E-state index contributed by atoms with van der Waals surface area (Å²) in [6.07, 6.45) is 2.16. The molecule has 1 aliphatic rings. The average molecular weight is 266 g/mol. The van der Waals surface area contributed by atoms with Crippen LogP contribution in [0, 0.1) is 11.7 Å². The van der Waals surface area contributed by atoms with E-state index in [0.717, 1.165) is 19.4 Å². The summed E-state index contributed by atoms with van der Waals surface area (Å²) in [6.45, 7) is 4.97. The molecule has 3 N–H and O–H groups in total. The van der Waals surface area contributed by atoms with Crippen LogP contribution < -0.4 is 10.6 Å². The lowest BCUT2D eigenvalue weighted by Gasteiger charge is -2.28. The lowest BCUT2D eigenvalue weighted by Crippen LogP contribution is -2.30. The molecule has 1 aromatic carbocycles. The van der Waals surface area contributed by atoms with Crippen LogP contribution in [0.25, 0.3) is 0 Å². The molecule has 104 valence electrons. The summed E-state index contributed by atoms with van der Waals surface area (Å²) in [5.41, 5.74) is 6.46. The second-order valence-electron chi connectivity index (χ2n) is 5.47. The monoisotopic (exact) mass is 266 g/mol. The molecule has 0 heterocycles. The summed E-state index contributed by atoms with van der Waals surface area (Å²) in [6, 6.07) is 2.86. The van der Waals surface area contributed by atoms with Gasteiger partial charge < -0.3 is 15.7 Å². The highest BCUT2D eigenvalue weighted by molar-refractivity contribution is 5.91. The number of anilines is 2. The lowest BCUT2D eigenvalue weighted by atomic mass is 10.1. The lowest BCUT2D eigenvalue weighted by molar-refractivity contribution is 0.0692. The van der Waals surface area contributed by atoms with Crippen molar-refractivity contribution in [3.63, 3.8) is 0 Å². The van der Waals surface area contributed by atoms with Crippen LogP contribution in [0.3, 0.4) is 0 Å². The number of nitrogen functional groups attached to an aromatic ring is 1. The van der Waals surface area contributed by atoms with Gasteiger partial charge in [0.05, 0.1) is 16.9 Å². The second kappa shape index (κ2) is 5.07. The summed E-state index contributed by atoms with van der Waals surface area (Å²) < 4.78 is 13.8. The van der Waals surface area contributed by atoms with Crippen molar-refractivity contribution in [1.82, 2.24) is 0 Å². The number of nitrogens with zero attached hydrogens (tertiary/aromatic N) is 1. The fourth-order valence-electron chi connectivity index (χ4n) is 2.22. The molecule has 1 saturated carbocycles. The molecule has 1 aromatic rings. The summed E-state index contributed by atoms with van der Waals surface area (Å²) in [4.78, 5) is 13.0. The van der Waals surface area contributed by atoms with E-state index in [1.54, 1.807) is 0 Å². The first-order chi connectivity index (χ1) is 8.90. The minimum absolute atomic E-state index is 0.325. The molecule has 1 fully saturated rings. The summed E-state index contributed by atoms with van der Waals surface area (Å²) >= 11 is 0. The van der Waals surface area contributed by atoms with Gasteiger partial charge in [-0.1, -0.05) is 13.8 Å². The Morgan fingerprint density at radius 3 is 2.63 bits per heavy atom. The molecule has 0 spiro atoms. The van der Waals surface area contributed by atoms with Gasteiger partial charge >= 0.3 is 5.97 Å². The third-order valence-electron chi connectivity index (χ3n) is 3.21. The molecule has 0 saturated heterocycles. The standard InChI is InChI=1S/C14H19FN2O2/c1-8(2)7-17(9-3-4-9)13-6-11(15)10(14(18)19)5-12(13)16/h5-6,8-9H,3-4,7,16H2,1-2H3,(H,18,19). The zero-order valence-electron chi connectivity index (χ0n) is 11.2. The number of carboxylic acid groups (broad SMARTS) is 1. The van der Waals surface area contributed by atoms with E-state index < -0.39 is 11.8 Å². The maximum Gasteiger partial charge on any atom is 0.338 e. The van der Waals surface area contributed by atoms with E-state index in [1.807, 2.05) is 0 Å². The Bertz CT molecular complexity index is 498. The molecule has 1 aliphatic carbocycles. The maximum absolute atomic E-state index is 13.8. The van der Waals surface area contributed by atoms with Crippen molar-refractivity contribution >= 4 is 17.3 Å². The molecule has 5 heteroatoms. The van der Waals surface area contributed by atoms with Gasteiger partial charge in [-0.25, -0.2) is 9.18 Å². The summed E-state index contributed by atoms with van der Waals surface area (Å²) in [5, 5.41) is 8.88. The van der Waals surface area contributed by atoms with Gasteiger partial charge in [0.15, 0.2) is 0 Å². The first-order valence-electron chi connectivity index (χ1n) is 6.49. The summed E-state index contributed by atoms with van der Waals surface area (Å²) in [5.74, 6) is -1.59. The van der Waals surface area contributed by atoms with Gasteiger partial charge in [-0.3, -0.25) is 0 Å². The molecule has 19 heavy (non-hydrogen) atoms. The number of hydrogen-bond donors (Lipinski definition) is 2. The van der Waals surface area contributed by atoms with Crippen LogP contribution >= 0.6 is 0 Å². The van der Waals surface area contributed by atoms with E-state index in [1.165, 1.54) is 12.1 Å². The van der Waals surface area contributed by atoms with Crippen LogP contribution in [0.4, 0.5) is 15.8 Å². The average Bonchev–Trinajstić information content (AvgIpc) is 3.12. The van der Waals surface area contributed by atoms with E-state index >= 15 is 0 Å². The van der Waals surface area contributed by atoms with Crippen molar-refractivity contribution in [1.29, 1.82) is 0 Å². The first-order valence-corrected chi connectivity index (χ1v) is 6.49. The fourth-order valence-corrected chi connectivity index (χ4v) is 2.22. The third-order valence-corrected chi connectivity index (χ3v) is 3.21. The molecule has 2 rings (SSSR count). The normalized spacial score (nSPS) is 14.7. The minimum Gasteiger partial charge on any atom is -0.478 e. The predicted octanol–water partition coefficient (Wildman–Crippen LogP) is 2.73. The summed E-state index contributed by atoms with van der Waals surface area (Å²) in [7, 11) is 0. The van der Waals surface area contributed by atoms with Crippen LogP contribution in [0.2, 0.25) is 0 Å². The first kappa shape index (κ1) is 13.6. The highest BCUT2D eigenvalue weighted by Crippen LogP contribution is 2.36. The highest BCUT2D eigenvalue weighted by atomic mass is 19.1. The Morgan fingerprint density at radius 2 is 2.16 bits per heavy atom. The van der Waals surface area contributed by atoms with Crippen LogP contribution in [-0.4, -0.2) is 23.7 Å². The zero-order valence-corrected chi connectivity index (χ0v) is 11.2. The molecule has 0 bridgehead atoms. The van der Waals surface area contributed by atoms with Gasteiger partial charge in [0.2, 0.25) is 0 Å². The maximum atomic E-state index is 13.8. The molecule has 0 amide bonds. The molecule has 0 unspecified atom stereocenters. The van der Waals surface area contributed by atoms with Gasteiger partial charge in [0.1, 0.15) is 5.82 Å². The van der Waals surface area contributed by atoms with Gasteiger partial charge in [0.25, 0.3) is 0 Å². The zero-order chi connectivity index (χ0) is 14.2. The number of rotatable bonds is 5. The topological polar surface area (TPSA) is 66.6 Å².